The monoisotopic (exact) mass is 295 g/mol. The second-order valence-electron chi connectivity index (χ2n) is 5.70. The molecule has 1 aliphatic carbocycles. The van der Waals surface area contributed by atoms with E-state index in [2.05, 4.69) is 5.32 Å². The third-order valence-corrected chi connectivity index (χ3v) is 4.51. The Morgan fingerprint density at radius 3 is 2.60 bits per heavy atom. The van der Waals surface area contributed by atoms with E-state index >= 15 is 0 Å². The molecule has 4 heteroatoms. The van der Waals surface area contributed by atoms with Crippen LogP contribution < -0.4 is 14.8 Å². The van der Waals surface area contributed by atoms with Gasteiger partial charge < -0.3 is 14.8 Å². The molecule has 2 aliphatic rings. The van der Waals surface area contributed by atoms with Crippen LogP contribution in [-0.4, -0.2) is 19.8 Å². The fraction of sp³-hybridized carbons (Fsp3) is 0.625. The first-order valence-electron chi connectivity index (χ1n) is 7.55. The van der Waals surface area contributed by atoms with Gasteiger partial charge in [-0.1, -0.05) is 18.0 Å². The lowest BCUT2D eigenvalue weighted by atomic mass is 9.94. The molecule has 1 aromatic carbocycles. The first-order valence-corrected chi connectivity index (χ1v) is 7.93. The lowest BCUT2D eigenvalue weighted by Gasteiger charge is -2.31. The molecular weight excluding hydrogens is 274 g/mol. The first kappa shape index (κ1) is 14.0. The molecule has 1 heterocycles. The molecule has 1 aliphatic heterocycles. The average Bonchev–Trinajstić information content (AvgIpc) is 2.44. The van der Waals surface area contributed by atoms with Gasteiger partial charge in [0.1, 0.15) is 0 Å². The molecular formula is C16H22ClNO2. The number of hydrogen-bond acceptors (Lipinski definition) is 3. The van der Waals surface area contributed by atoms with Crippen molar-refractivity contribution in [3.05, 3.63) is 22.7 Å². The lowest BCUT2D eigenvalue weighted by molar-refractivity contribution is 0.113. The summed E-state index contributed by atoms with van der Waals surface area (Å²) in [7, 11) is 1.68. The van der Waals surface area contributed by atoms with E-state index in [4.69, 9.17) is 21.1 Å². The molecule has 3 rings (SSSR count). The third-order valence-electron chi connectivity index (χ3n) is 4.29. The molecule has 0 bridgehead atoms. The highest BCUT2D eigenvalue weighted by Gasteiger charge is 2.26. The smallest absolute Gasteiger partial charge is 0.166 e. The molecule has 0 spiro atoms. The predicted molar refractivity (Wildman–Crippen MR) is 80.9 cm³/mol. The number of hydrogen-bond donors (Lipinski definition) is 1. The fourth-order valence-electron chi connectivity index (χ4n) is 2.90. The molecule has 1 N–H and O–H groups in total. The molecule has 20 heavy (non-hydrogen) atoms. The Kier molecular flexibility index (Phi) is 4.37. The molecule has 1 saturated heterocycles. The van der Waals surface area contributed by atoms with Crippen molar-refractivity contribution in [1.82, 2.24) is 5.32 Å². The maximum atomic E-state index is 6.24. The van der Waals surface area contributed by atoms with Gasteiger partial charge in [0.15, 0.2) is 11.5 Å². The number of piperidine rings is 1. The summed E-state index contributed by atoms with van der Waals surface area (Å²) in [6.45, 7) is 1.06. The van der Waals surface area contributed by atoms with E-state index in [0.717, 1.165) is 42.9 Å². The molecule has 1 saturated carbocycles. The van der Waals surface area contributed by atoms with Gasteiger partial charge in [0.05, 0.1) is 13.2 Å². The normalized spacial score (nSPS) is 23.2. The summed E-state index contributed by atoms with van der Waals surface area (Å²) in [6.07, 6.45) is 7.50. The third kappa shape index (κ3) is 2.89. The molecule has 3 nitrogen and oxygen atoms in total. The molecule has 1 unspecified atom stereocenters. The second kappa shape index (κ2) is 6.23. The van der Waals surface area contributed by atoms with Gasteiger partial charge in [-0.2, -0.15) is 0 Å². The van der Waals surface area contributed by atoms with Crippen molar-refractivity contribution < 1.29 is 9.47 Å². The Bertz CT molecular complexity index is 468. The maximum Gasteiger partial charge on any atom is 0.166 e. The van der Waals surface area contributed by atoms with Gasteiger partial charge >= 0.3 is 0 Å². The van der Waals surface area contributed by atoms with Gasteiger partial charge in [0.25, 0.3) is 0 Å². The summed E-state index contributed by atoms with van der Waals surface area (Å²) in [5.41, 5.74) is 1.15. The largest absolute Gasteiger partial charge is 0.493 e. The van der Waals surface area contributed by atoms with Crippen molar-refractivity contribution in [3.8, 4) is 11.5 Å². The fourth-order valence-corrected chi connectivity index (χ4v) is 3.11. The number of nitrogens with one attached hydrogen (secondary N) is 1. The van der Waals surface area contributed by atoms with Crippen LogP contribution in [0.15, 0.2) is 12.1 Å². The SMILES string of the molecule is COc1cc(Cl)cc(C2CCCCN2)c1OC1CCC1. The molecule has 2 fully saturated rings. The standard InChI is InChI=1S/C16H22ClNO2/c1-19-15-10-11(17)9-13(14-7-2-3-8-18-14)16(15)20-12-5-4-6-12/h9-10,12,14,18H,2-8H2,1H3. The van der Waals surface area contributed by atoms with Crippen LogP contribution in [0, 0.1) is 0 Å². The molecule has 0 radical (unpaired) electrons. The van der Waals surface area contributed by atoms with Gasteiger partial charge in [-0.25, -0.2) is 0 Å². The molecule has 110 valence electrons. The summed E-state index contributed by atoms with van der Waals surface area (Å²) in [5.74, 6) is 1.65. The Labute approximate surface area is 125 Å². The van der Waals surface area contributed by atoms with Crippen LogP contribution in [0.4, 0.5) is 0 Å². The zero-order valence-electron chi connectivity index (χ0n) is 12.0. The maximum absolute atomic E-state index is 6.24. The van der Waals surface area contributed by atoms with Gasteiger partial charge in [-0.15, -0.1) is 0 Å². The van der Waals surface area contributed by atoms with Crippen LogP contribution in [0.1, 0.15) is 50.1 Å². The van der Waals surface area contributed by atoms with Crippen molar-refractivity contribution in [2.75, 3.05) is 13.7 Å². The van der Waals surface area contributed by atoms with Crippen molar-refractivity contribution in [2.45, 2.75) is 50.7 Å². The Hall–Kier alpha value is -0.930. The number of methoxy groups -OCH3 is 1. The van der Waals surface area contributed by atoms with Gasteiger partial charge in [0, 0.05) is 22.7 Å². The first-order chi connectivity index (χ1) is 9.78. The minimum absolute atomic E-state index is 0.325. The van der Waals surface area contributed by atoms with Gasteiger partial charge in [-0.05, 0) is 44.7 Å². The van der Waals surface area contributed by atoms with Crippen molar-refractivity contribution >= 4 is 11.6 Å². The van der Waals surface area contributed by atoms with E-state index in [1.54, 1.807) is 7.11 Å². The number of benzene rings is 1. The van der Waals surface area contributed by atoms with Crippen molar-refractivity contribution in [2.24, 2.45) is 0 Å². The van der Waals surface area contributed by atoms with E-state index in [1.165, 1.54) is 19.3 Å². The number of ether oxygens (including phenoxy) is 2. The second-order valence-corrected chi connectivity index (χ2v) is 6.14. The Balaban J connectivity index is 1.93. The minimum Gasteiger partial charge on any atom is -0.493 e. The van der Waals surface area contributed by atoms with E-state index in [1.807, 2.05) is 12.1 Å². The molecule has 0 amide bonds. The van der Waals surface area contributed by atoms with Crippen molar-refractivity contribution in [3.63, 3.8) is 0 Å². The topological polar surface area (TPSA) is 30.5 Å². The van der Waals surface area contributed by atoms with Crippen LogP contribution in [-0.2, 0) is 0 Å². The van der Waals surface area contributed by atoms with Crippen LogP contribution in [0.3, 0.4) is 0 Å². The highest BCUT2D eigenvalue weighted by Crippen LogP contribution is 2.42. The summed E-state index contributed by atoms with van der Waals surface area (Å²) in [4.78, 5) is 0. The van der Waals surface area contributed by atoms with Crippen LogP contribution in [0.5, 0.6) is 11.5 Å². The highest BCUT2D eigenvalue weighted by molar-refractivity contribution is 6.30. The quantitative estimate of drug-likeness (QED) is 0.907. The molecule has 0 aromatic heterocycles. The zero-order chi connectivity index (χ0) is 13.9. The minimum atomic E-state index is 0.325. The van der Waals surface area contributed by atoms with Crippen molar-refractivity contribution in [1.29, 1.82) is 0 Å². The number of halogens is 1. The lowest BCUT2D eigenvalue weighted by Crippen LogP contribution is -2.29. The van der Waals surface area contributed by atoms with E-state index in [9.17, 15) is 0 Å². The summed E-state index contributed by atoms with van der Waals surface area (Å²) in [5, 5.41) is 4.28. The zero-order valence-corrected chi connectivity index (χ0v) is 12.7. The van der Waals surface area contributed by atoms with E-state index < -0.39 is 0 Å². The molecule has 1 aromatic rings. The van der Waals surface area contributed by atoms with Crippen LogP contribution in [0.25, 0.3) is 0 Å². The van der Waals surface area contributed by atoms with Crippen LogP contribution >= 0.6 is 11.6 Å². The van der Waals surface area contributed by atoms with Gasteiger partial charge in [0.2, 0.25) is 0 Å². The summed E-state index contributed by atoms with van der Waals surface area (Å²) < 4.78 is 11.7. The van der Waals surface area contributed by atoms with E-state index in [-0.39, 0.29) is 0 Å². The molecule has 1 atom stereocenters. The predicted octanol–water partition coefficient (Wildman–Crippen LogP) is 4.09. The average molecular weight is 296 g/mol. The van der Waals surface area contributed by atoms with Crippen LogP contribution in [0.2, 0.25) is 5.02 Å². The van der Waals surface area contributed by atoms with E-state index in [0.29, 0.717) is 17.2 Å². The highest BCUT2D eigenvalue weighted by atomic mass is 35.5. The van der Waals surface area contributed by atoms with Gasteiger partial charge in [-0.3, -0.25) is 0 Å². The summed E-state index contributed by atoms with van der Waals surface area (Å²) >= 11 is 6.24. The summed E-state index contributed by atoms with van der Waals surface area (Å²) in [6, 6.07) is 4.20. The Morgan fingerprint density at radius 2 is 2.00 bits per heavy atom. The Morgan fingerprint density at radius 1 is 1.15 bits per heavy atom. The number of rotatable bonds is 4.